The van der Waals surface area contributed by atoms with Crippen molar-refractivity contribution >= 4 is 23.3 Å². The molecule has 2 amide bonds. The van der Waals surface area contributed by atoms with Gasteiger partial charge in [0.25, 0.3) is 0 Å². The van der Waals surface area contributed by atoms with Gasteiger partial charge in [-0.05, 0) is 91.0 Å². The first-order chi connectivity index (χ1) is 23.6. The van der Waals surface area contributed by atoms with Crippen LogP contribution >= 0.6 is 0 Å². The highest BCUT2D eigenvalue weighted by Crippen LogP contribution is 2.39. The molecule has 0 radical (unpaired) electrons. The zero-order valence-corrected chi connectivity index (χ0v) is 29.2. The Kier molecular flexibility index (Phi) is 10.7. The number of aliphatic hydroxyl groups is 2. The van der Waals surface area contributed by atoms with Crippen molar-refractivity contribution in [3.63, 3.8) is 0 Å². The lowest BCUT2D eigenvalue weighted by Gasteiger charge is -2.33. The van der Waals surface area contributed by atoms with Crippen LogP contribution in [0.4, 0.5) is 16.4 Å². The number of benzene rings is 2. The van der Waals surface area contributed by atoms with Gasteiger partial charge in [0.15, 0.2) is 5.65 Å². The molecule has 6 rings (SSSR count). The molecule has 2 aromatic heterocycles. The summed E-state index contributed by atoms with van der Waals surface area (Å²) < 4.78 is 8.68. The second-order valence-corrected chi connectivity index (χ2v) is 14.5. The van der Waals surface area contributed by atoms with E-state index in [2.05, 4.69) is 71.6 Å². The monoisotopic (exact) mass is 669 g/mol. The number of anilines is 2. The lowest BCUT2D eigenvalue weighted by molar-refractivity contribution is 0.156. The predicted octanol–water partition coefficient (Wildman–Crippen LogP) is 5.97. The fourth-order valence-corrected chi connectivity index (χ4v) is 7.13. The van der Waals surface area contributed by atoms with Crippen LogP contribution in [0.3, 0.4) is 0 Å². The number of nitrogens with zero attached hydrogens (tertiary/aromatic N) is 5. The number of aromatic nitrogens is 3. The summed E-state index contributed by atoms with van der Waals surface area (Å²) in [6, 6.07) is 18.2. The third kappa shape index (κ3) is 8.17. The number of hydrogen-bond donors (Lipinski definition) is 4. The third-order valence-electron chi connectivity index (χ3n) is 9.79. The average molecular weight is 670 g/mol. The molecule has 11 nitrogen and oxygen atoms in total. The highest BCUT2D eigenvalue weighted by molar-refractivity contribution is 5.89. The predicted molar refractivity (Wildman–Crippen MR) is 192 cm³/mol. The standard InChI is InChI=1S/C38H51N7O4/c1-26-9-7-8-16-44(26)37-42-41-35-15-12-30(25-45(35)37)49-34-14-13-33(31-10-5-6-11-32(31)34)40-36(48)39-29-22-27(21-28(23-29)38(2,3)4)24-43(17-19-46)18-20-47/h5-6,10-12,15,21-23,25-26,33-34,46-47H,7-9,13-14,16-20,24H2,1-4H3,(H2,39,40,48)/t26?,33-,34+/m0/s1. The molecule has 49 heavy (non-hydrogen) atoms. The summed E-state index contributed by atoms with van der Waals surface area (Å²) in [6.45, 7) is 11.2. The van der Waals surface area contributed by atoms with Gasteiger partial charge in [-0.3, -0.25) is 9.30 Å². The van der Waals surface area contributed by atoms with Gasteiger partial charge in [0.05, 0.1) is 25.5 Å². The molecule has 0 spiro atoms. The Hall–Kier alpha value is -4.19. The van der Waals surface area contributed by atoms with E-state index in [4.69, 9.17) is 4.74 Å². The van der Waals surface area contributed by atoms with E-state index in [9.17, 15) is 15.0 Å². The molecule has 1 saturated heterocycles. The lowest BCUT2D eigenvalue weighted by atomic mass is 9.85. The molecule has 0 saturated carbocycles. The van der Waals surface area contributed by atoms with E-state index in [0.717, 1.165) is 71.8 Å². The minimum absolute atomic E-state index is 0.0115. The smallest absolute Gasteiger partial charge is 0.319 e. The van der Waals surface area contributed by atoms with Gasteiger partial charge >= 0.3 is 6.03 Å². The van der Waals surface area contributed by atoms with Crippen LogP contribution in [0.25, 0.3) is 5.65 Å². The SMILES string of the molecule is CC1CCCCN1c1nnc2ccc(O[C@@H]3CC[C@H](NC(=O)Nc4cc(CN(CCO)CCO)cc(C(C)(C)C)c4)c4ccccc43)cn12. The Balaban J connectivity index is 1.16. The molecular weight excluding hydrogens is 618 g/mol. The van der Waals surface area contributed by atoms with E-state index in [-0.39, 0.29) is 36.8 Å². The summed E-state index contributed by atoms with van der Waals surface area (Å²) in [5, 5.41) is 34.3. The molecule has 2 aromatic carbocycles. The van der Waals surface area contributed by atoms with Crippen molar-refractivity contribution in [1.82, 2.24) is 24.8 Å². The summed E-state index contributed by atoms with van der Waals surface area (Å²) in [7, 11) is 0. The van der Waals surface area contributed by atoms with E-state index in [1.165, 1.54) is 6.42 Å². The Labute approximate surface area is 289 Å². The van der Waals surface area contributed by atoms with E-state index >= 15 is 0 Å². The Morgan fingerprint density at radius 3 is 2.49 bits per heavy atom. The van der Waals surface area contributed by atoms with Crippen LogP contribution < -0.4 is 20.3 Å². The molecule has 1 aliphatic carbocycles. The van der Waals surface area contributed by atoms with Crippen molar-refractivity contribution in [2.24, 2.45) is 0 Å². The molecule has 1 aliphatic heterocycles. The van der Waals surface area contributed by atoms with Crippen LogP contribution in [0.15, 0.2) is 60.8 Å². The van der Waals surface area contributed by atoms with Crippen LogP contribution in [0.5, 0.6) is 5.75 Å². The molecule has 4 aromatic rings. The van der Waals surface area contributed by atoms with Gasteiger partial charge in [0.1, 0.15) is 11.9 Å². The van der Waals surface area contributed by atoms with Gasteiger partial charge in [-0.2, -0.15) is 0 Å². The van der Waals surface area contributed by atoms with Crippen LogP contribution in [0.1, 0.15) is 94.2 Å². The molecule has 262 valence electrons. The molecule has 1 fully saturated rings. The summed E-state index contributed by atoms with van der Waals surface area (Å²) in [5.41, 5.74) is 5.60. The second kappa shape index (κ2) is 15.1. The van der Waals surface area contributed by atoms with Crippen molar-refractivity contribution in [1.29, 1.82) is 0 Å². The number of urea groups is 1. The van der Waals surface area contributed by atoms with Crippen molar-refractivity contribution < 1.29 is 19.7 Å². The largest absolute Gasteiger partial charge is 0.484 e. The first-order valence-corrected chi connectivity index (χ1v) is 17.7. The molecule has 3 atom stereocenters. The molecule has 3 heterocycles. The number of aliphatic hydroxyl groups excluding tert-OH is 2. The van der Waals surface area contributed by atoms with Crippen LogP contribution in [-0.4, -0.2) is 74.6 Å². The third-order valence-corrected chi connectivity index (χ3v) is 9.79. The maximum absolute atomic E-state index is 13.5. The maximum atomic E-state index is 13.5. The molecule has 1 unspecified atom stereocenters. The minimum atomic E-state index is -0.267. The van der Waals surface area contributed by atoms with Crippen LogP contribution in [0, 0.1) is 0 Å². The molecular formula is C38H51N7O4. The van der Waals surface area contributed by atoms with E-state index in [1.54, 1.807) is 0 Å². The minimum Gasteiger partial charge on any atom is -0.484 e. The highest BCUT2D eigenvalue weighted by atomic mass is 16.5. The molecule has 2 aliphatic rings. The number of fused-ring (bicyclic) bond motifs is 2. The number of ether oxygens (including phenoxy) is 1. The first-order valence-electron chi connectivity index (χ1n) is 17.7. The number of pyridine rings is 1. The van der Waals surface area contributed by atoms with E-state index in [1.807, 2.05) is 51.9 Å². The average Bonchev–Trinajstić information content (AvgIpc) is 3.49. The fraction of sp³-hybridized carbons (Fsp3) is 0.500. The molecule has 4 N–H and O–H groups in total. The number of piperidine rings is 1. The molecule has 11 heteroatoms. The summed E-state index contributed by atoms with van der Waals surface area (Å²) in [5.74, 6) is 1.62. The fourth-order valence-electron chi connectivity index (χ4n) is 7.13. The highest BCUT2D eigenvalue weighted by Gasteiger charge is 2.30. The van der Waals surface area contributed by atoms with Gasteiger partial charge in [-0.1, -0.05) is 51.1 Å². The normalized spacial score (nSPS) is 19.6. The van der Waals surface area contributed by atoms with Gasteiger partial charge < -0.3 is 30.5 Å². The zero-order valence-electron chi connectivity index (χ0n) is 29.2. The molecule has 0 bridgehead atoms. The number of hydrogen-bond acceptors (Lipinski definition) is 8. The Bertz CT molecular complexity index is 1730. The van der Waals surface area contributed by atoms with Gasteiger partial charge in [-0.25, -0.2) is 4.79 Å². The maximum Gasteiger partial charge on any atom is 0.319 e. The van der Waals surface area contributed by atoms with E-state index in [0.29, 0.717) is 31.4 Å². The Morgan fingerprint density at radius 1 is 0.980 bits per heavy atom. The van der Waals surface area contributed by atoms with Crippen molar-refractivity contribution in [2.75, 3.05) is 43.1 Å². The Morgan fingerprint density at radius 2 is 1.76 bits per heavy atom. The van der Waals surface area contributed by atoms with Gasteiger partial charge in [0, 0.05) is 37.9 Å². The summed E-state index contributed by atoms with van der Waals surface area (Å²) in [6.07, 6.45) is 6.86. The van der Waals surface area contributed by atoms with Crippen molar-refractivity contribution in [3.05, 3.63) is 83.0 Å². The van der Waals surface area contributed by atoms with Crippen molar-refractivity contribution in [2.45, 2.75) is 89.9 Å². The number of carbonyl (C=O) groups is 1. The first kappa shape index (κ1) is 34.7. The van der Waals surface area contributed by atoms with Gasteiger partial charge in [-0.15, -0.1) is 10.2 Å². The topological polar surface area (TPSA) is 127 Å². The summed E-state index contributed by atoms with van der Waals surface area (Å²) >= 11 is 0. The number of nitrogens with one attached hydrogen (secondary N) is 2. The lowest BCUT2D eigenvalue weighted by Crippen LogP contribution is -2.38. The van der Waals surface area contributed by atoms with Crippen molar-refractivity contribution in [3.8, 4) is 5.75 Å². The second-order valence-electron chi connectivity index (χ2n) is 14.5. The van der Waals surface area contributed by atoms with E-state index < -0.39 is 0 Å². The number of carbonyl (C=O) groups excluding carboxylic acids is 1. The summed E-state index contributed by atoms with van der Waals surface area (Å²) in [4.78, 5) is 17.8. The number of amides is 2. The van der Waals surface area contributed by atoms with Crippen LogP contribution in [-0.2, 0) is 12.0 Å². The number of rotatable bonds is 11. The quantitative estimate of drug-likeness (QED) is 0.154. The van der Waals surface area contributed by atoms with Crippen LogP contribution in [0.2, 0.25) is 0 Å². The zero-order chi connectivity index (χ0) is 34.5. The van der Waals surface area contributed by atoms with Gasteiger partial charge in [0.2, 0.25) is 5.95 Å².